The van der Waals surface area contributed by atoms with Crippen LogP contribution in [0.2, 0.25) is 0 Å². The molecule has 0 aliphatic carbocycles. The van der Waals surface area contributed by atoms with Crippen molar-refractivity contribution in [1.82, 2.24) is 10.4 Å². The number of hydrogen-bond donors (Lipinski definition) is 2. The quantitative estimate of drug-likeness (QED) is 0.775. The number of furan rings is 1. The second-order valence-electron chi connectivity index (χ2n) is 4.91. The van der Waals surface area contributed by atoms with Crippen LogP contribution in [0.1, 0.15) is 22.3 Å². The number of aliphatic carboxylic acids is 1. The van der Waals surface area contributed by atoms with Crippen molar-refractivity contribution in [3.05, 3.63) is 66.1 Å². The van der Waals surface area contributed by atoms with Gasteiger partial charge in [-0.25, -0.2) is 5.01 Å². The lowest BCUT2D eigenvalue weighted by Gasteiger charge is -2.36. The Bertz CT molecular complexity index is 813. The van der Waals surface area contributed by atoms with E-state index in [1.54, 1.807) is 36.4 Å². The molecule has 24 heavy (non-hydrogen) atoms. The van der Waals surface area contributed by atoms with E-state index >= 15 is 0 Å². The molecule has 8 nitrogen and oxygen atoms in total. The standard InChI is InChI=1S/C16H13N3O5/c20-13(7-8-14(21)22)18-19-15(12-6-3-9-24-12)17-11-5-2-1-4-10(11)16(19)23/h1-9,15,17H,(H,18,20)(H,21,22)/p-1/b8-7+/t15-/m1/s1. The van der Waals surface area contributed by atoms with Gasteiger partial charge in [-0.15, -0.1) is 0 Å². The Labute approximate surface area is 136 Å². The molecule has 1 aliphatic rings. The van der Waals surface area contributed by atoms with E-state index in [0.29, 0.717) is 23.1 Å². The molecule has 2 N–H and O–H groups in total. The fraction of sp³-hybridized carbons (Fsp3) is 0.0625. The van der Waals surface area contributed by atoms with Crippen LogP contribution >= 0.6 is 0 Å². The van der Waals surface area contributed by atoms with Crippen molar-refractivity contribution in [3.63, 3.8) is 0 Å². The first-order chi connectivity index (χ1) is 11.6. The number of amides is 2. The van der Waals surface area contributed by atoms with Crippen molar-refractivity contribution in [1.29, 1.82) is 0 Å². The van der Waals surface area contributed by atoms with E-state index < -0.39 is 23.9 Å². The van der Waals surface area contributed by atoms with Gasteiger partial charge in [-0.05, 0) is 30.3 Å². The molecule has 1 aromatic heterocycles. The second kappa shape index (κ2) is 6.29. The lowest BCUT2D eigenvalue weighted by Crippen LogP contribution is -2.52. The molecule has 2 aromatic rings. The predicted molar refractivity (Wildman–Crippen MR) is 80.0 cm³/mol. The second-order valence-corrected chi connectivity index (χ2v) is 4.91. The van der Waals surface area contributed by atoms with Crippen LogP contribution in [-0.4, -0.2) is 22.8 Å². The van der Waals surface area contributed by atoms with Gasteiger partial charge in [0.1, 0.15) is 5.76 Å². The number of carboxylic acids is 1. The van der Waals surface area contributed by atoms with Crippen LogP contribution < -0.4 is 15.8 Å². The molecule has 0 spiro atoms. The maximum Gasteiger partial charge on any atom is 0.276 e. The van der Waals surface area contributed by atoms with Crippen molar-refractivity contribution in [2.24, 2.45) is 0 Å². The minimum atomic E-state index is -1.51. The van der Waals surface area contributed by atoms with E-state index in [0.717, 1.165) is 11.1 Å². The average molecular weight is 326 g/mol. The van der Waals surface area contributed by atoms with Crippen LogP contribution in [0.25, 0.3) is 0 Å². The SMILES string of the molecule is O=C([O-])/C=C/C(=O)NN1C(=O)c2ccccc2N[C@H]1c1ccco1. The number of carboxylic acid groups (broad SMARTS) is 1. The number of hydrazine groups is 1. The van der Waals surface area contributed by atoms with Gasteiger partial charge in [-0.3, -0.25) is 15.0 Å². The maximum absolute atomic E-state index is 12.7. The molecular formula is C16H12N3O5-. The van der Waals surface area contributed by atoms with E-state index in [1.807, 2.05) is 0 Å². The molecular weight excluding hydrogens is 314 g/mol. The Morgan fingerprint density at radius 3 is 2.71 bits per heavy atom. The molecule has 1 aliphatic heterocycles. The van der Waals surface area contributed by atoms with Crippen molar-refractivity contribution < 1.29 is 23.9 Å². The number of para-hydroxylation sites is 1. The van der Waals surface area contributed by atoms with Crippen molar-refractivity contribution in [3.8, 4) is 0 Å². The number of fused-ring (bicyclic) bond motifs is 1. The lowest BCUT2D eigenvalue weighted by molar-refractivity contribution is -0.297. The van der Waals surface area contributed by atoms with Crippen LogP contribution in [0.15, 0.2) is 59.2 Å². The summed E-state index contributed by atoms with van der Waals surface area (Å²) in [6.07, 6.45) is 2.01. The highest BCUT2D eigenvalue weighted by Gasteiger charge is 2.35. The molecule has 1 aromatic carbocycles. The summed E-state index contributed by atoms with van der Waals surface area (Å²) < 4.78 is 5.32. The maximum atomic E-state index is 12.7. The molecule has 0 unspecified atom stereocenters. The van der Waals surface area contributed by atoms with Gasteiger partial charge in [0.05, 0.1) is 17.8 Å². The highest BCUT2D eigenvalue weighted by Crippen LogP contribution is 2.31. The molecule has 0 saturated heterocycles. The average Bonchev–Trinajstić information content (AvgIpc) is 3.10. The Hall–Kier alpha value is -3.55. The monoisotopic (exact) mass is 326 g/mol. The van der Waals surface area contributed by atoms with Crippen molar-refractivity contribution >= 4 is 23.5 Å². The van der Waals surface area contributed by atoms with Crippen molar-refractivity contribution in [2.45, 2.75) is 6.17 Å². The molecule has 122 valence electrons. The zero-order valence-corrected chi connectivity index (χ0v) is 12.3. The Morgan fingerprint density at radius 1 is 1.21 bits per heavy atom. The van der Waals surface area contributed by atoms with Crippen LogP contribution in [0.3, 0.4) is 0 Å². The highest BCUT2D eigenvalue weighted by molar-refractivity contribution is 6.03. The largest absolute Gasteiger partial charge is 0.545 e. The van der Waals surface area contributed by atoms with Crippen LogP contribution in [0, 0.1) is 0 Å². The summed E-state index contributed by atoms with van der Waals surface area (Å²) in [5.41, 5.74) is 3.31. The van der Waals surface area contributed by atoms with Gasteiger partial charge < -0.3 is 19.6 Å². The third kappa shape index (κ3) is 2.98. The van der Waals surface area contributed by atoms with E-state index in [1.165, 1.54) is 6.26 Å². The first-order valence-electron chi connectivity index (χ1n) is 6.98. The van der Waals surface area contributed by atoms with Gasteiger partial charge in [-0.1, -0.05) is 12.1 Å². The molecule has 3 rings (SSSR count). The van der Waals surface area contributed by atoms with Gasteiger partial charge >= 0.3 is 0 Å². The van der Waals surface area contributed by atoms with E-state index in [9.17, 15) is 19.5 Å². The van der Waals surface area contributed by atoms with Crippen LogP contribution in [0.5, 0.6) is 0 Å². The Kier molecular flexibility index (Phi) is 4.02. The first-order valence-corrected chi connectivity index (χ1v) is 6.98. The summed E-state index contributed by atoms with van der Waals surface area (Å²) in [7, 11) is 0. The normalized spacial score (nSPS) is 16.6. The van der Waals surface area contributed by atoms with E-state index in [-0.39, 0.29) is 0 Å². The topological polar surface area (TPSA) is 115 Å². The van der Waals surface area contributed by atoms with Gasteiger partial charge in [-0.2, -0.15) is 0 Å². The zero-order valence-electron chi connectivity index (χ0n) is 12.3. The number of benzene rings is 1. The predicted octanol–water partition coefficient (Wildman–Crippen LogP) is 0.183. The summed E-state index contributed by atoms with van der Waals surface area (Å²) in [5, 5.41) is 14.5. The van der Waals surface area contributed by atoms with Gasteiger partial charge in [0.25, 0.3) is 11.8 Å². The zero-order chi connectivity index (χ0) is 17.1. The fourth-order valence-corrected chi connectivity index (χ4v) is 2.31. The minimum Gasteiger partial charge on any atom is -0.545 e. The van der Waals surface area contributed by atoms with Gasteiger partial charge in [0.2, 0.25) is 0 Å². The van der Waals surface area contributed by atoms with Gasteiger partial charge in [0, 0.05) is 11.8 Å². The molecule has 8 heteroatoms. The lowest BCUT2D eigenvalue weighted by atomic mass is 10.1. The highest BCUT2D eigenvalue weighted by atomic mass is 16.4. The first kappa shape index (κ1) is 15.3. The number of carbonyl (C=O) groups excluding carboxylic acids is 3. The number of anilines is 1. The number of rotatable bonds is 4. The molecule has 0 fully saturated rings. The molecule has 0 saturated carbocycles. The Balaban J connectivity index is 1.92. The van der Waals surface area contributed by atoms with Crippen LogP contribution in [0.4, 0.5) is 5.69 Å². The van der Waals surface area contributed by atoms with Gasteiger partial charge in [0.15, 0.2) is 6.17 Å². The Morgan fingerprint density at radius 2 is 2.00 bits per heavy atom. The fourth-order valence-electron chi connectivity index (χ4n) is 2.31. The summed E-state index contributed by atoms with van der Waals surface area (Å²) in [6, 6.07) is 10.1. The summed E-state index contributed by atoms with van der Waals surface area (Å²) in [5.74, 6) is -2.35. The third-order valence-electron chi connectivity index (χ3n) is 3.34. The van der Waals surface area contributed by atoms with E-state index in [4.69, 9.17) is 4.42 Å². The molecule has 2 amide bonds. The van der Waals surface area contributed by atoms with Crippen LogP contribution in [-0.2, 0) is 9.59 Å². The smallest absolute Gasteiger partial charge is 0.276 e. The number of carbonyl (C=O) groups is 3. The third-order valence-corrected chi connectivity index (χ3v) is 3.34. The molecule has 0 radical (unpaired) electrons. The molecule has 0 bridgehead atoms. The summed E-state index contributed by atoms with van der Waals surface area (Å²) in [6.45, 7) is 0. The minimum absolute atomic E-state index is 0.365. The van der Waals surface area contributed by atoms with E-state index in [2.05, 4.69) is 10.7 Å². The van der Waals surface area contributed by atoms with Crippen molar-refractivity contribution in [2.75, 3.05) is 5.32 Å². The summed E-state index contributed by atoms with van der Waals surface area (Å²) in [4.78, 5) is 34.9. The number of hydrogen-bond acceptors (Lipinski definition) is 6. The number of nitrogens with zero attached hydrogens (tertiary/aromatic N) is 1. The summed E-state index contributed by atoms with van der Waals surface area (Å²) >= 11 is 0. The number of nitrogens with one attached hydrogen (secondary N) is 2. The molecule has 1 atom stereocenters. The molecule has 2 heterocycles.